The number of rotatable bonds is 5. The lowest BCUT2D eigenvalue weighted by Gasteiger charge is -2.45. The van der Waals surface area contributed by atoms with E-state index in [-0.39, 0.29) is 22.9 Å². The minimum atomic E-state index is -4.61. The Morgan fingerprint density at radius 3 is 2.33 bits per heavy atom. The molecule has 0 N–H and O–H groups in total. The van der Waals surface area contributed by atoms with E-state index in [1.54, 1.807) is 7.11 Å². The normalized spacial score (nSPS) is 17.5. The van der Waals surface area contributed by atoms with Crippen molar-refractivity contribution in [2.75, 3.05) is 43.1 Å². The second kappa shape index (κ2) is 10.5. The number of aliphatic carboxylic acids is 1. The molecule has 7 nitrogen and oxygen atoms in total. The molecule has 0 amide bonds. The van der Waals surface area contributed by atoms with E-state index < -0.39 is 36.0 Å². The van der Waals surface area contributed by atoms with Crippen molar-refractivity contribution in [3.8, 4) is 5.75 Å². The third-order valence-corrected chi connectivity index (χ3v) is 6.91. The Hall–Kier alpha value is -4.28. The van der Waals surface area contributed by atoms with Gasteiger partial charge in [0.15, 0.2) is 0 Å². The van der Waals surface area contributed by atoms with Crippen LogP contribution in [-0.2, 0) is 11.0 Å². The Bertz CT molecular complexity index is 1400. The molecule has 1 saturated heterocycles. The van der Waals surface area contributed by atoms with Crippen molar-refractivity contribution in [3.05, 3.63) is 83.7 Å². The molecular weight excluding hydrogens is 516 g/mol. The number of para-hydroxylation sites is 1. The minimum absolute atomic E-state index is 0.0304. The van der Waals surface area contributed by atoms with Gasteiger partial charge in [0.25, 0.3) is 0 Å². The lowest BCUT2D eigenvalue weighted by molar-refractivity contribution is -0.306. The van der Waals surface area contributed by atoms with E-state index in [0.29, 0.717) is 31.9 Å². The lowest BCUT2D eigenvalue weighted by Crippen LogP contribution is -2.55. The van der Waals surface area contributed by atoms with Crippen LogP contribution in [0.25, 0.3) is 0 Å². The van der Waals surface area contributed by atoms with Crippen molar-refractivity contribution in [3.63, 3.8) is 0 Å². The summed E-state index contributed by atoms with van der Waals surface area (Å²) in [4.78, 5) is 21.8. The van der Waals surface area contributed by atoms with E-state index in [2.05, 4.69) is 9.89 Å². The largest absolute Gasteiger partial charge is 0.550 e. The van der Waals surface area contributed by atoms with Crippen molar-refractivity contribution < 1.29 is 32.2 Å². The summed E-state index contributed by atoms with van der Waals surface area (Å²) >= 11 is 0. The Morgan fingerprint density at radius 1 is 0.974 bits per heavy atom. The van der Waals surface area contributed by atoms with Crippen molar-refractivity contribution in [1.29, 1.82) is 0 Å². The SMILES string of the molecule is COc1cccc(N2CCN(C3=Nc4c(F)cccc4C(CC(=O)[O-])N3c3cccc(C(F)(F)F)c3)CC2)c1. The average molecular weight is 542 g/mol. The molecule has 0 aromatic heterocycles. The van der Waals surface area contributed by atoms with Gasteiger partial charge in [0.1, 0.15) is 17.3 Å². The number of carboxylic acid groups (broad SMARTS) is 1. The molecule has 0 radical (unpaired) electrons. The Kier molecular flexibility index (Phi) is 7.07. The second-order valence-corrected chi connectivity index (χ2v) is 9.28. The van der Waals surface area contributed by atoms with Crippen molar-refractivity contribution in [2.45, 2.75) is 18.6 Å². The first kappa shape index (κ1) is 26.3. The number of ether oxygens (including phenoxy) is 1. The quantitative estimate of drug-likeness (QED) is 0.447. The van der Waals surface area contributed by atoms with Gasteiger partial charge in [0, 0.05) is 61.6 Å². The number of hydrogen-bond donors (Lipinski definition) is 0. The number of piperazine rings is 1. The molecule has 1 fully saturated rings. The molecule has 2 aliphatic heterocycles. The third-order valence-electron chi connectivity index (χ3n) is 6.91. The number of guanidine groups is 1. The molecule has 0 saturated carbocycles. The van der Waals surface area contributed by atoms with Crippen LogP contribution in [0.5, 0.6) is 5.75 Å². The molecule has 5 rings (SSSR count). The van der Waals surface area contributed by atoms with Gasteiger partial charge in [0.05, 0.1) is 18.7 Å². The van der Waals surface area contributed by atoms with Gasteiger partial charge in [-0.2, -0.15) is 13.2 Å². The fraction of sp³-hybridized carbons (Fsp3) is 0.286. The Balaban J connectivity index is 1.55. The lowest BCUT2D eigenvalue weighted by atomic mass is 9.97. The maximum atomic E-state index is 15.0. The monoisotopic (exact) mass is 541 g/mol. The van der Waals surface area contributed by atoms with Crippen LogP contribution in [0, 0.1) is 5.82 Å². The van der Waals surface area contributed by atoms with Crippen LogP contribution in [0.1, 0.15) is 23.6 Å². The highest BCUT2D eigenvalue weighted by Gasteiger charge is 2.38. The van der Waals surface area contributed by atoms with Crippen LogP contribution in [0.4, 0.5) is 34.6 Å². The zero-order chi connectivity index (χ0) is 27.7. The molecule has 204 valence electrons. The van der Waals surface area contributed by atoms with Crippen LogP contribution in [0.3, 0.4) is 0 Å². The van der Waals surface area contributed by atoms with E-state index >= 15 is 0 Å². The highest BCUT2D eigenvalue weighted by Crippen LogP contribution is 2.43. The van der Waals surface area contributed by atoms with Crippen LogP contribution in [0.15, 0.2) is 71.7 Å². The number of benzene rings is 3. The molecule has 3 aromatic carbocycles. The molecular formula is C28H25F4N4O3-. The van der Waals surface area contributed by atoms with Crippen LogP contribution >= 0.6 is 0 Å². The summed E-state index contributed by atoms with van der Waals surface area (Å²) in [6.45, 7) is 1.90. The minimum Gasteiger partial charge on any atom is -0.550 e. The topological polar surface area (TPSA) is 71.4 Å². The smallest absolute Gasteiger partial charge is 0.416 e. The molecule has 0 aliphatic carbocycles. The van der Waals surface area contributed by atoms with E-state index in [0.717, 1.165) is 17.8 Å². The summed E-state index contributed by atoms with van der Waals surface area (Å²) in [5, 5.41) is 11.8. The predicted octanol–water partition coefficient (Wildman–Crippen LogP) is 4.36. The number of anilines is 2. The van der Waals surface area contributed by atoms with Crippen molar-refractivity contribution in [2.24, 2.45) is 4.99 Å². The van der Waals surface area contributed by atoms with Crippen LogP contribution in [-0.4, -0.2) is 50.1 Å². The molecule has 1 unspecified atom stereocenters. The van der Waals surface area contributed by atoms with Crippen molar-refractivity contribution in [1.82, 2.24) is 4.90 Å². The fourth-order valence-electron chi connectivity index (χ4n) is 5.03. The summed E-state index contributed by atoms with van der Waals surface area (Å²) in [6, 6.07) is 15.3. The van der Waals surface area contributed by atoms with Gasteiger partial charge < -0.3 is 29.3 Å². The second-order valence-electron chi connectivity index (χ2n) is 9.28. The van der Waals surface area contributed by atoms with Gasteiger partial charge in [-0.15, -0.1) is 0 Å². The summed E-state index contributed by atoms with van der Waals surface area (Å²) in [6.07, 6.45) is -5.19. The fourth-order valence-corrected chi connectivity index (χ4v) is 5.03. The Labute approximate surface area is 222 Å². The van der Waals surface area contributed by atoms with E-state index in [1.807, 2.05) is 29.2 Å². The van der Waals surface area contributed by atoms with Gasteiger partial charge in [-0.05, 0) is 36.4 Å². The standard InChI is InChI=1S/C28H26F4N4O3/c1-39-21-8-3-6-19(16-21)34-11-13-35(14-12-34)27-33-26-22(9-4-10-23(26)29)24(17-25(37)38)36(27)20-7-2-5-18(15-20)28(30,31)32/h2-10,15-16,24H,11-14,17H2,1H3,(H,37,38)/p-1. The van der Waals surface area contributed by atoms with Gasteiger partial charge >= 0.3 is 6.18 Å². The van der Waals surface area contributed by atoms with Gasteiger partial charge in [-0.3, -0.25) is 0 Å². The number of carboxylic acids is 1. The van der Waals surface area contributed by atoms with E-state index in [4.69, 9.17) is 4.74 Å². The first-order chi connectivity index (χ1) is 18.7. The number of methoxy groups -OCH3 is 1. The molecule has 2 aliphatic rings. The highest BCUT2D eigenvalue weighted by molar-refractivity contribution is 6.01. The summed E-state index contributed by atoms with van der Waals surface area (Å²) in [5.74, 6) is -1.17. The molecule has 3 aromatic rings. The molecule has 1 atom stereocenters. The average Bonchev–Trinajstić information content (AvgIpc) is 2.93. The number of aliphatic imine (C=N–C) groups is 1. The first-order valence-electron chi connectivity index (χ1n) is 12.3. The molecule has 2 heterocycles. The van der Waals surface area contributed by atoms with Gasteiger partial charge in [-0.25, -0.2) is 9.38 Å². The number of carbonyl (C=O) groups is 1. The number of alkyl halides is 3. The zero-order valence-corrected chi connectivity index (χ0v) is 21.0. The summed E-state index contributed by atoms with van der Waals surface area (Å²) < 4.78 is 61.1. The number of halogens is 4. The number of nitrogens with zero attached hydrogens (tertiary/aromatic N) is 4. The maximum Gasteiger partial charge on any atom is 0.416 e. The third kappa shape index (κ3) is 5.34. The number of fused-ring (bicyclic) bond motifs is 1. The van der Waals surface area contributed by atoms with E-state index in [9.17, 15) is 27.5 Å². The first-order valence-corrected chi connectivity index (χ1v) is 12.3. The maximum absolute atomic E-state index is 15.0. The molecule has 39 heavy (non-hydrogen) atoms. The van der Waals surface area contributed by atoms with Crippen LogP contribution in [0.2, 0.25) is 0 Å². The van der Waals surface area contributed by atoms with Gasteiger partial charge in [0.2, 0.25) is 5.96 Å². The predicted molar refractivity (Wildman–Crippen MR) is 137 cm³/mol. The Morgan fingerprint density at radius 2 is 1.64 bits per heavy atom. The van der Waals surface area contributed by atoms with Crippen LogP contribution < -0.4 is 19.6 Å². The number of carbonyl (C=O) groups excluding carboxylic acids is 1. The summed E-state index contributed by atoms with van der Waals surface area (Å²) in [5.41, 5.74) is 0.382. The van der Waals surface area contributed by atoms with Crippen molar-refractivity contribution >= 4 is 29.0 Å². The highest BCUT2D eigenvalue weighted by atomic mass is 19.4. The molecule has 11 heteroatoms. The molecule has 0 spiro atoms. The summed E-state index contributed by atoms with van der Waals surface area (Å²) in [7, 11) is 1.58. The van der Waals surface area contributed by atoms with E-state index in [1.165, 1.54) is 35.2 Å². The molecule has 0 bridgehead atoms. The zero-order valence-electron chi connectivity index (χ0n) is 21.0. The van der Waals surface area contributed by atoms with Gasteiger partial charge in [-0.1, -0.05) is 24.3 Å². The number of hydrogen-bond acceptors (Lipinski definition) is 7.